The zero-order chi connectivity index (χ0) is 14.3. The van der Waals surface area contributed by atoms with Crippen LogP contribution in [0, 0.1) is 17.2 Å². The van der Waals surface area contributed by atoms with Crippen molar-refractivity contribution in [2.45, 2.75) is 39.0 Å². The van der Waals surface area contributed by atoms with Gasteiger partial charge in [-0.05, 0) is 55.6 Å². The van der Waals surface area contributed by atoms with Gasteiger partial charge >= 0.3 is 0 Å². The van der Waals surface area contributed by atoms with Gasteiger partial charge < -0.3 is 10.6 Å². The van der Waals surface area contributed by atoms with Gasteiger partial charge in [0.25, 0.3) is 0 Å². The van der Waals surface area contributed by atoms with Crippen molar-refractivity contribution in [2.24, 2.45) is 17.6 Å². The van der Waals surface area contributed by atoms with Gasteiger partial charge in [-0.3, -0.25) is 5.41 Å². The summed E-state index contributed by atoms with van der Waals surface area (Å²) in [5.41, 5.74) is 9.09. The maximum absolute atomic E-state index is 7.84. The van der Waals surface area contributed by atoms with Gasteiger partial charge in [0.05, 0.1) is 5.56 Å². The average molecular weight is 272 g/mol. The Balaban J connectivity index is 1.92. The van der Waals surface area contributed by atoms with Gasteiger partial charge in [-0.1, -0.05) is 6.92 Å². The van der Waals surface area contributed by atoms with E-state index in [1.807, 2.05) is 0 Å². The lowest BCUT2D eigenvalue weighted by molar-refractivity contribution is 0.661. The van der Waals surface area contributed by atoms with Crippen LogP contribution in [-0.4, -0.2) is 24.4 Å². The van der Waals surface area contributed by atoms with Crippen molar-refractivity contribution in [3.05, 3.63) is 22.9 Å². The zero-order valence-corrected chi connectivity index (χ0v) is 12.4. The summed E-state index contributed by atoms with van der Waals surface area (Å²) in [6, 6.07) is 2.10. The number of hydrogen-bond acceptors (Lipinski definition) is 3. The molecule has 0 radical (unpaired) electrons. The first-order valence-electron chi connectivity index (χ1n) is 7.64. The molecule has 3 rings (SSSR count). The normalized spacial score (nSPS) is 24.1. The summed E-state index contributed by atoms with van der Waals surface area (Å²) in [7, 11) is 2.08. The zero-order valence-electron chi connectivity index (χ0n) is 12.4. The van der Waals surface area contributed by atoms with Crippen molar-refractivity contribution in [1.29, 1.82) is 5.41 Å². The number of nitrogens with zero attached hydrogens (tertiary/aromatic N) is 2. The number of nitrogen functional groups attached to an aromatic ring is 1. The van der Waals surface area contributed by atoms with Gasteiger partial charge in [0.2, 0.25) is 0 Å². The third kappa shape index (κ3) is 2.51. The largest absolute Gasteiger partial charge is 0.384 e. The van der Waals surface area contributed by atoms with E-state index in [-0.39, 0.29) is 5.84 Å². The van der Waals surface area contributed by atoms with Crippen molar-refractivity contribution in [3.8, 4) is 0 Å². The number of fused-ring (bicyclic) bond motifs is 1. The predicted molar refractivity (Wildman–Crippen MR) is 82.4 cm³/mol. The minimum atomic E-state index is 0.136. The lowest BCUT2D eigenvalue weighted by atomic mass is 9.94. The Morgan fingerprint density at radius 2 is 2.15 bits per heavy atom. The monoisotopic (exact) mass is 272 g/mol. The highest BCUT2D eigenvalue weighted by atomic mass is 15.2. The highest BCUT2D eigenvalue weighted by molar-refractivity contribution is 5.99. The molecule has 2 unspecified atom stereocenters. The summed E-state index contributed by atoms with van der Waals surface area (Å²) in [4.78, 5) is 7.04. The van der Waals surface area contributed by atoms with Gasteiger partial charge in [0.1, 0.15) is 11.7 Å². The molecule has 1 heterocycles. The fourth-order valence-corrected chi connectivity index (χ4v) is 3.20. The number of anilines is 1. The molecule has 4 heteroatoms. The number of pyridine rings is 1. The molecule has 3 N–H and O–H groups in total. The Kier molecular flexibility index (Phi) is 3.40. The van der Waals surface area contributed by atoms with Crippen LogP contribution in [0.15, 0.2) is 6.07 Å². The molecule has 1 saturated carbocycles. The fourth-order valence-electron chi connectivity index (χ4n) is 3.20. The van der Waals surface area contributed by atoms with Crippen LogP contribution in [-0.2, 0) is 12.8 Å². The number of nitrogens with one attached hydrogen (secondary N) is 1. The lowest BCUT2D eigenvalue weighted by Crippen LogP contribution is -2.27. The quantitative estimate of drug-likeness (QED) is 0.653. The number of rotatable bonds is 4. The molecule has 1 aromatic heterocycles. The van der Waals surface area contributed by atoms with Crippen LogP contribution in [0.25, 0.3) is 0 Å². The third-order valence-electron chi connectivity index (χ3n) is 4.72. The Morgan fingerprint density at radius 3 is 2.80 bits per heavy atom. The van der Waals surface area contributed by atoms with Gasteiger partial charge in [-0.15, -0.1) is 0 Å². The highest BCUT2D eigenvalue weighted by Crippen LogP contribution is 2.39. The summed E-state index contributed by atoms with van der Waals surface area (Å²) < 4.78 is 0. The predicted octanol–water partition coefficient (Wildman–Crippen LogP) is 2.34. The smallest absolute Gasteiger partial charge is 0.139 e. The number of aryl methyl sites for hydroxylation is 2. The van der Waals surface area contributed by atoms with Crippen LogP contribution in [0.5, 0.6) is 0 Å². The SMILES string of the molecule is CC1CC1CN(C)c1nc2c(cc1C(=N)N)CCCC2. The van der Waals surface area contributed by atoms with E-state index in [0.717, 1.165) is 42.6 Å². The lowest BCUT2D eigenvalue weighted by Gasteiger charge is -2.24. The Hall–Kier alpha value is -1.58. The van der Waals surface area contributed by atoms with Crippen molar-refractivity contribution >= 4 is 11.7 Å². The van der Waals surface area contributed by atoms with Crippen LogP contribution >= 0.6 is 0 Å². The van der Waals surface area contributed by atoms with Crippen molar-refractivity contribution < 1.29 is 0 Å². The van der Waals surface area contributed by atoms with E-state index < -0.39 is 0 Å². The van der Waals surface area contributed by atoms with Gasteiger partial charge in [-0.2, -0.15) is 0 Å². The maximum atomic E-state index is 7.84. The minimum Gasteiger partial charge on any atom is -0.384 e. The van der Waals surface area contributed by atoms with Crippen LogP contribution in [0.4, 0.5) is 5.82 Å². The molecule has 1 fully saturated rings. The molecule has 0 spiro atoms. The van der Waals surface area contributed by atoms with Gasteiger partial charge in [0.15, 0.2) is 0 Å². The Bertz CT molecular complexity index is 538. The van der Waals surface area contributed by atoms with Crippen LogP contribution in [0.1, 0.15) is 43.0 Å². The molecule has 0 aliphatic heterocycles. The first-order valence-corrected chi connectivity index (χ1v) is 7.64. The maximum Gasteiger partial charge on any atom is 0.139 e. The first-order chi connectivity index (χ1) is 9.56. The molecular weight excluding hydrogens is 248 g/mol. The van der Waals surface area contributed by atoms with E-state index in [9.17, 15) is 0 Å². The molecule has 2 atom stereocenters. The van der Waals surface area contributed by atoms with Crippen molar-refractivity contribution in [1.82, 2.24) is 4.98 Å². The molecule has 0 bridgehead atoms. The summed E-state index contributed by atoms with van der Waals surface area (Å²) in [5, 5.41) is 7.84. The van der Waals surface area contributed by atoms with E-state index >= 15 is 0 Å². The standard InChI is InChI=1S/C16H24N4/c1-10-7-12(10)9-20(2)16-13(15(17)18)8-11-5-3-4-6-14(11)19-16/h8,10,12H,3-7,9H2,1-2H3,(H3,17,18). The summed E-state index contributed by atoms with van der Waals surface area (Å²) >= 11 is 0. The number of aromatic nitrogens is 1. The molecule has 4 nitrogen and oxygen atoms in total. The number of hydrogen-bond donors (Lipinski definition) is 2. The van der Waals surface area contributed by atoms with Gasteiger partial charge in [-0.25, -0.2) is 4.98 Å². The van der Waals surface area contributed by atoms with Crippen molar-refractivity contribution in [3.63, 3.8) is 0 Å². The van der Waals surface area contributed by atoms with E-state index in [1.165, 1.54) is 30.5 Å². The van der Waals surface area contributed by atoms with Crippen molar-refractivity contribution in [2.75, 3.05) is 18.5 Å². The van der Waals surface area contributed by atoms with E-state index in [0.29, 0.717) is 0 Å². The molecule has 20 heavy (non-hydrogen) atoms. The molecule has 2 aliphatic rings. The number of amidine groups is 1. The fraction of sp³-hybridized carbons (Fsp3) is 0.625. The molecule has 0 aromatic carbocycles. The molecule has 108 valence electrons. The second-order valence-electron chi connectivity index (χ2n) is 6.44. The Labute approximate surface area is 120 Å². The number of nitrogens with two attached hydrogens (primary N) is 1. The van der Waals surface area contributed by atoms with Crippen LogP contribution in [0.2, 0.25) is 0 Å². The molecular formula is C16H24N4. The average Bonchev–Trinajstić information content (AvgIpc) is 3.12. The van der Waals surface area contributed by atoms with Crippen LogP contribution < -0.4 is 10.6 Å². The van der Waals surface area contributed by atoms with E-state index in [4.69, 9.17) is 16.1 Å². The Morgan fingerprint density at radius 1 is 1.45 bits per heavy atom. The first kappa shape index (κ1) is 13.4. The van der Waals surface area contributed by atoms with E-state index in [1.54, 1.807) is 0 Å². The molecule has 1 aromatic rings. The summed E-state index contributed by atoms with van der Waals surface area (Å²) in [6.45, 7) is 3.32. The molecule has 0 amide bonds. The minimum absolute atomic E-state index is 0.136. The van der Waals surface area contributed by atoms with E-state index in [2.05, 4.69) is 24.9 Å². The highest BCUT2D eigenvalue weighted by Gasteiger charge is 2.34. The molecule has 0 saturated heterocycles. The second-order valence-corrected chi connectivity index (χ2v) is 6.44. The van der Waals surface area contributed by atoms with Crippen LogP contribution in [0.3, 0.4) is 0 Å². The summed E-state index contributed by atoms with van der Waals surface area (Å²) in [6.07, 6.45) is 5.90. The third-order valence-corrected chi connectivity index (χ3v) is 4.72. The topological polar surface area (TPSA) is 66.0 Å². The summed E-state index contributed by atoms with van der Waals surface area (Å²) in [5.74, 6) is 2.64. The van der Waals surface area contributed by atoms with Gasteiger partial charge in [0, 0.05) is 19.3 Å². The second kappa shape index (κ2) is 5.08. The molecule has 2 aliphatic carbocycles.